The van der Waals surface area contributed by atoms with Crippen LogP contribution in [0.1, 0.15) is 0 Å². The highest BCUT2D eigenvalue weighted by Gasteiger charge is 2.13. The fourth-order valence-electron chi connectivity index (χ4n) is 0.791. The van der Waals surface area contributed by atoms with Crippen molar-refractivity contribution in [2.24, 2.45) is 0 Å². The minimum atomic E-state index is -4.94. The fraction of sp³-hybridized carbons (Fsp3) is 0. The second kappa shape index (κ2) is 5.67. The number of nitrogens with zero attached hydrogens (tertiary/aromatic N) is 1. The van der Waals surface area contributed by atoms with E-state index < -0.39 is 10.2 Å². The number of aromatic nitrogens is 1. The molecule has 2 rings (SSSR count). The van der Waals surface area contributed by atoms with Gasteiger partial charge in [0.2, 0.25) is 0 Å². The summed E-state index contributed by atoms with van der Waals surface area (Å²) in [5.41, 5.74) is 0.853. The van der Waals surface area contributed by atoms with Crippen LogP contribution in [0.25, 0.3) is 10.2 Å². The lowest BCUT2D eigenvalue weighted by Gasteiger charge is -2.17. The van der Waals surface area contributed by atoms with Gasteiger partial charge in [0, 0.05) is 11.1 Å². The number of rotatable bonds is 0. The van der Waals surface area contributed by atoms with Gasteiger partial charge >= 0.3 is 10.3 Å². The molecule has 1 aromatic carbocycles. The average molecular weight is 323 g/mol. The largest absolute Gasteiger partial charge is 0.323 e. The first kappa shape index (κ1) is 14.2. The van der Waals surface area contributed by atoms with Gasteiger partial charge in [-0.3, -0.25) is 0 Å². The number of halogens is 3. The first-order valence-corrected chi connectivity index (χ1v) is 7.52. The molecular formula is C6H2Cl3NO4S2. The maximum absolute atomic E-state index is 8.49. The molecule has 0 aliphatic carbocycles. The molecule has 2 aromatic rings. The Morgan fingerprint density at radius 2 is 1.75 bits per heavy atom. The molecule has 0 unspecified atom stereocenters. The van der Waals surface area contributed by atoms with Crippen molar-refractivity contribution >= 4 is 54.3 Å². The molecule has 0 saturated heterocycles. The molecule has 0 aliphatic rings. The summed E-state index contributed by atoms with van der Waals surface area (Å²) in [4.78, 5) is 0. The van der Waals surface area contributed by atoms with Crippen molar-refractivity contribution in [3.63, 3.8) is 0 Å². The van der Waals surface area contributed by atoms with E-state index in [1.807, 2.05) is 6.07 Å². The highest BCUT2D eigenvalue weighted by Crippen LogP contribution is 2.31. The lowest BCUT2D eigenvalue weighted by atomic mass is 10.3. The molecule has 16 heavy (non-hydrogen) atoms. The zero-order chi connectivity index (χ0) is 12.3. The lowest BCUT2D eigenvalue weighted by Crippen LogP contribution is -2.68. The maximum Gasteiger partial charge on any atom is 0.323 e. The van der Waals surface area contributed by atoms with Crippen molar-refractivity contribution in [2.45, 2.75) is 0 Å². The number of hydrogen-bond donors (Lipinski definition) is 0. The molecule has 0 fully saturated rings. The quantitative estimate of drug-likeness (QED) is 0.466. The van der Waals surface area contributed by atoms with Crippen molar-refractivity contribution in [2.75, 3.05) is 0 Å². The Kier molecular flexibility index (Phi) is 5.05. The van der Waals surface area contributed by atoms with Crippen molar-refractivity contribution in [1.82, 2.24) is 4.37 Å². The first-order valence-electron chi connectivity index (χ1n) is 3.43. The maximum atomic E-state index is 8.49. The molecule has 1 heterocycles. The van der Waals surface area contributed by atoms with Gasteiger partial charge in [0.05, 0.1) is 5.02 Å². The number of fused-ring (bicyclic) bond motifs is 1. The molecule has 0 amide bonds. The van der Waals surface area contributed by atoms with E-state index in [1.54, 1.807) is 16.4 Å². The van der Waals surface area contributed by atoms with Crippen LogP contribution >= 0.6 is 44.1 Å². The fourth-order valence-corrected chi connectivity index (χ4v) is 3.31. The monoisotopic (exact) mass is 321 g/mol. The van der Waals surface area contributed by atoms with Crippen molar-refractivity contribution in [3.05, 3.63) is 22.2 Å². The molecular weight excluding hydrogens is 321 g/mol. The van der Waals surface area contributed by atoms with Crippen LogP contribution in [0.4, 0.5) is 0 Å². The second-order valence-corrected chi connectivity index (χ2v) is 5.85. The predicted octanol–water partition coefficient (Wildman–Crippen LogP) is -0.810. The minimum Gasteiger partial charge on any atom is -0.222 e. The molecule has 0 aliphatic heterocycles. The topological polar surface area (TPSA) is 105 Å². The summed E-state index contributed by atoms with van der Waals surface area (Å²) in [6.07, 6.45) is 0. The number of benzene rings is 1. The molecule has 0 atom stereocenters. The third-order valence-electron chi connectivity index (χ3n) is 1.25. The van der Waals surface area contributed by atoms with Crippen LogP contribution < -0.4 is 18.6 Å². The highest BCUT2D eigenvalue weighted by molar-refractivity contribution is 7.69. The van der Waals surface area contributed by atoms with Gasteiger partial charge in [-0.1, -0.05) is 23.2 Å². The van der Waals surface area contributed by atoms with Gasteiger partial charge in [-0.2, -0.15) is 0 Å². The third kappa shape index (κ3) is 5.00. The Morgan fingerprint density at radius 3 is 2.31 bits per heavy atom. The molecule has 88 valence electrons. The number of hydrogen-bond acceptors (Lipinski definition) is 6. The van der Waals surface area contributed by atoms with Crippen LogP contribution in [-0.2, 0) is 0 Å². The summed E-state index contributed by atoms with van der Waals surface area (Å²) >= 11 is 11.6. The van der Waals surface area contributed by atoms with Crippen LogP contribution in [-0.4, -0.2) is 4.37 Å². The average Bonchev–Trinajstić information content (AvgIpc) is 2.47. The van der Waals surface area contributed by atoms with Gasteiger partial charge in [0.15, 0.2) is 5.52 Å². The SMILES string of the molecule is Clc1cc(Cl)c2ns[s+]c2c1.[O-][Cl+3]([O-])([O-])[O-]. The Hall–Kier alpha value is 0.170. The lowest BCUT2D eigenvalue weighted by molar-refractivity contribution is -2.00. The van der Waals surface area contributed by atoms with Crippen molar-refractivity contribution < 1.29 is 28.9 Å². The van der Waals surface area contributed by atoms with Crippen LogP contribution in [0.5, 0.6) is 0 Å². The summed E-state index contributed by atoms with van der Waals surface area (Å²) in [5, 5.41) is 1.30. The van der Waals surface area contributed by atoms with E-state index in [2.05, 4.69) is 4.37 Å². The molecule has 5 nitrogen and oxygen atoms in total. The smallest absolute Gasteiger partial charge is 0.222 e. The van der Waals surface area contributed by atoms with Gasteiger partial charge in [0.1, 0.15) is 0 Å². The van der Waals surface area contributed by atoms with E-state index in [0.717, 1.165) is 10.2 Å². The zero-order valence-electron chi connectivity index (χ0n) is 7.19. The van der Waals surface area contributed by atoms with Gasteiger partial charge in [-0.25, -0.2) is 18.6 Å². The molecule has 0 spiro atoms. The summed E-state index contributed by atoms with van der Waals surface area (Å²) in [6.45, 7) is 0. The van der Waals surface area contributed by atoms with E-state index in [9.17, 15) is 0 Å². The van der Waals surface area contributed by atoms with E-state index in [4.69, 9.17) is 41.8 Å². The van der Waals surface area contributed by atoms with Gasteiger partial charge in [0.25, 0.3) is 15.2 Å². The summed E-state index contributed by atoms with van der Waals surface area (Å²) in [5.74, 6) is 0. The highest BCUT2D eigenvalue weighted by atomic mass is 35.7. The minimum absolute atomic E-state index is 0.630. The molecule has 1 aromatic heterocycles. The second-order valence-electron chi connectivity index (χ2n) is 2.36. The van der Waals surface area contributed by atoms with Crippen LogP contribution in [0.15, 0.2) is 12.1 Å². The van der Waals surface area contributed by atoms with Gasteiger partial charge in [-0.15, -0.1) is 14.6 Å². The summed E-state index contributed by atoms with van der Waals surface area (Å²) < 4.78 is 39.1. The van der Waals surface area contributed by atoms with Gasteiger partial charge < -0.3 is 0 Å². The molecule has 0 saturated carbocycles. The van der Waals surface area contributed by atoms with E-state index >= 15 is 0 Å². The predicted molar refractivity (Wildman–Crippen MR) is 51.9 cm³/mol. The van der Waals surface area contributed by atoms with Crippen LogP contribution in [0, 0.1) is 10.2 Å². The Labute approximate surface area is 109 Å². The Morgan fingerprint density at radius 1 is 1.19 bits per heavy atom. The van der Waals surface area contributed by atoms with Crippen molar-refractivity contribution in [3.8, 4) is 0 Å². The van der Waals surface area contributed by atoms with E-state index in [-0.39, 0.29) is 0 Å². The first-order chi connectivity index (χ1) is 7.27. The van der Waals surface area contributed by atoms with Crippen LogP contribution in [0.2, 0.25) is 10.0 Å². The molecule has 0 N–H and O–H groups in total. The third-order valence-corrected chi connectivity index (χ3v) is 3.56. The Bertz CT molecular complexity index is 480. The zero-order valence-corrected chi connectivity index (χ0v) is 11.1. The van der Waals surface area contributed by atoms with E-state index in [1.165, 1.54) is 10.5 Å². The summed E-state index contributed by atoms with van der Waals surface area (Å²) in [6, 6.07) is 3.58. The molecule has 0 radical (unpaired) electrons. The standard InChI is InChI=1S/C6H2Cl2NS2.ClHO4/c7-3-1-4(8)6-5(2-3)10-11-9-6;2-1(3,4)5/h1-2H;(H,2,3,4,5)/q+1;/p-1. The molecule has 10 heteroatoms. The van der Waals surface area contributed by atoms with Crippen LogP contribution in [0.3, 0.4) is 0 Å². The van der Waals surface area contributed by atoms with Crippen molar-refractivity contribution in [1.29, 1.82) is 0 Å². The summed E-state index contributed by atoms with van der Waals surface area (Å²) in [7, 11) is -1.94. The van der Waals surface area contributed by atoms with E-state index in [0.29, 0.717) is 10.0 Å². The van der Waals surface area contributed by atoms with Gasteiger partial charge in [-0.05, 0) is 6.07 Å². The normalized spacial score (nSPS) is 11.1. The molecule has 0 bridgehead atoms. The Balaban J connectivity index is 0.000000221.